The first-order valence-corrected chi connectivity index (χ1v) is 8.42. The van der Waals surface area contributed by atoms with Crippen LogP contribution >= 0.6 is 0 Å². The van der Waals surface area contributed by atoms with Crippen molar-refractivity contribution < 1.29 is 0 Å². The Kier molecular flexibility index (Phi) is 5.07. The predicted molar refractivity (Wildman–Crippen MR) is 95.2 cm³/mol. The molecular formula is C19H23N5. The molecule has 0 radical (unpaired) electrons. The Hall–Kier alpha value is -2.45. The summed E-state index contributed by atoms with van der Waals surface area (Å²) in [6, 6.07) is 10.7. The second-order valence-electron chi connectivity index (χ2n) is 6.27. The lowest BCUT2D eigenvalue weighted by atomic mass is 10.0. The smallest absolute Gasteiger partial charge is 0.145 e. The van der Waals surface area contributed by atoms with Crippen LogP contribution in [0.15, 0.2) is 24.3 Å². The van der Waals surface area contributed by atoms with E-state index in [-0.39, 0.29) is 6.42 Å². The van der Waals surface area contributed by atoms with Crippen molar-refractivity contribution in [3.8, 4) is 6.07 Å². The van der Waals surface area contributed by atoms with Crippen molar-refractivity contribution >= 4 is 5.82 Å². The number of hydrogen-bond donors (Lipinski definition) is 1. The van der Waals surface area contributed by atoms with E-state index < -0.39 is 0 Å². The SMILES string of the molecule is Cc1cccc(Cc2c(C)nc(CC#N)nc2N2CCNCC2)c1. The summed E-state index contributed by atoms with van der Waals surface area (Å²) in [6.07, 6.45) is 1.07. The lowest BCUT2D eigenvalue weighted by Crippen LogP contribution is -2.44. The zero-order chi connectivity index (χ0) is 16.9. The van der Waals surface area contributed by atoms with Gasteiger partial charge in [0.2, 0.25) is 0 Å². The molecule has 0 amide bonds. The van der Waals surface area contributed by atoms with Gasteiger partial charge < -0.3 is 10.2 Å². The van der Waals surface area contributed by atoms with E-state index in [0.29, 0.717) is 5.82 Å². The van der Waals surface area contributed by atoms with Gasteiger partial charge in [-0.2, -0.15) is 5.26 Å². The zero-order valence-corrected chi connectivity index (χ0v) is 14.3. The minimum atomic E-state index is 0.255. The fraction of sp³-hybridized carbons (Fsp3) is 0.421. The molecular weight excluding hydrogens is 298 g/mol. The van der Waals surface area contributed by atoms with Crippen LogP contribution in [0, 0.1) is 25.2 Å². The molecule has 1 fully saturated rings. The summed E-state index contributed by atoms with van der Waals surface area (Å²) < 4.78 is 0. The Morgan fingerprint density at radius 3 is 2.71 bits per heavy atom. The van der Waals surface area contributed by atoms with Crippen LogP contribution in [-0.4, -0.2) is 36.1 Å². The van der Waals surface area contributed by atoms with Gasteiger partial charge in [0.1, 0.15) is 11.6 Å². The van der Waals surface area contributed by atoms with Crippen LogP contribution in [-0.2, 0) is 12.8 Å². The van der Waals surface area contributed by atoms with Crippen LogP contribution in [0.2, 0.25) is 0 Å². The summed E-state index contributed by atoms with van der Waals surface area (Å²) >= 11 is 0. The number of aryl methyl sites for hydroxylation is 2. The van der Waals surface area contributed by atoms with Gasteiger partial charge in [-0.05, 0) is 19.4 Å². The standard InChI is InChI=1S/C19H23N5/c1-14-4-3-5-16(12-14)13-17-15(2)22-18(6-7-20)23-19(17)24-10-8-21-9-11-24/h3-5,12,21H,6,8-11,13H2,1-2H3. The summed E-state index contributed by atoms with van der Waals surface area (Å²) in [4.78, 5) is 11.6. The molecule has 0 spiro atoms. The predicted octanol–water partition coefficient (Wildman–Crippen LogP) is 2.16. The van der Waals surface area contributed by atoms with E-state index in [0.717, 1.165) is 44.1 Å². The quantitative estimate of drug-likeness (QED) is 0.935. The number of benzene rings is 1. The maximum atomic E-state index is 8.99. The minimum Gasteiger partial charge on any atom is -0.354 e. The molecule has 0 unspecified atom stereocenters. The largest absolute Gasteiger partial charge is 0.354 e. The highest BCUT2D eigenvalue weighted by molar-refractivity contribution is 5.52. The van der Waals surface area contributed by atoms with Gasteiger partial charge in [0.25, 0.3) is 0 Å². The summed E-state index contributed by atoms with van der Waals surface area (Å²) in [5.74, 6) is 1.62. The maximum Gasteiger partial charge on any atom is 0.145 e. The van der Waals surface area contributed by atoms with Crippen LogP contribution in [0.4, 0.5) is 5.82 Å². The molecule has 0 bridgehead atoms. The average Bonchev–Trinajstić information content (AvgIpc) is 2.58. The first kappa shape index (κ1) is 16.4. The molecule has 0 aliphatic carbocycles. The summed E-state index contributed by atoms with van der Waals surface area (Å²) in [7, 11) is 0. The van der Waals surface area contributed by atoms with Crippen LogP contribution < -0.4 is 10.2 Å². The molecule has 0 saturated carbocycles. The van der Waals surface area contributed by atoms with E-state index in [9.17, 15) is 0 Å². The number of nitrogens with one attached hydrogen (secondary N) is 1. The highest BCUT2D eigenvalue weighted by Crippen LogP contribution is 2.25. The normalized spacial score (nSPS) is 14.5. The Morgan fingerprint density at radius 1 is 1.21 bits per heavy atom. The molecule has 0 atom stereocenters. The molecule has 124 valence electrons. The van der Waals surface area contributed by atoms with Crippen molar-refractivity contribution in [1.29, 1.82) is 5.26 Å². The minimum absolute atomic E-state index is 0.255. The van der Waals surface area contributed by atoms with Gasteiger partial charge in [0, 0.05) is 43.9 Å². The number of rotatable bonds is 4. The second-order valence-corrected chi connectivity index (χ2v) is 6.27. The van der Waals surface area contributed by atoms with Gasteiger partial charge in [-0.3, -0.25) is 0 Å². The number of anilines is 1. The van der Waals surface area contributed by atoms with Gasteiger partial charge in [-0.25, -0.2) is 9.97 Å². The number of aromatic nitrogens is 2. The van der Waals surface area contributed by atoms with E-state index in [1.165, 1.54) is 16.7 Å². The molecule has 5 heteroatoms. The van der Waals surface area contributed by atoms with E-state index in [1.54, 1.807) is 0 Å². The summed E-state index contributed by atoms with van der Waals surface area (Å²) in [6.45, 7) is 7.92. The molecule has 2 aromatic rings. The molecule has 3 rings (SSSR count). The lowest BCUT2D eigenvalue weighted by molar-refractivity contribution is 0.581. The average molecular weight is 321 g/mol. The molecule has 24 heavy (non-hydrogen) atoms. The molecule has 2 heterocycles. The van der Waals surface area contributed by atoms with E-state index in [2.05, 4.69) is 52.5 Å². The monoisotopic (exact) mass is 321 g/mol. The molecule has 5 nitrogen and oxygen atoms in total. The van der Waals surface area contributed by atoms with Gasteiger partial charge >= 0.3 is 0 Å². The van der Waals surface area contributed by atoms with Crippen molar-refractivity contribution in [3.05, 3.63) is 52.5 Å². The number of hydrogen-bond acceptors (Lipinski definition) is 5. The highest BCUT2D eigenvalue weighted by Gasteiger charge is 2.19. The van der Waals surface area contributed by atoms with Crippen molar-refractivity contribution in [2.45, 2.75) is 26.7 Å². The van der Waals surface area contributed by atoms with Crippen molar-refractivity contribution in [2.24, 2.45) is 0 Å². The molecule has 1 aliphatic rings. The summed E-state index contributed by atoms with van der Waals surface area (Å²) in [5, 5.41) is 12.4. The molecule has 1 saturated heterocycles. The number of nitrogens with zero attached hydrogens (tertiary/aromatic N) is 4. The van der Waals surface area contributed by atoms with Gasteiger partial charge in [0.05, 0.1) is 12.5 Å². The van der Waals surface area contributed by atoms with Crippen molar-refractivity contribution in [2.75, 3.05) is 31.1 Å². The third-order valence-corrected chi connectivity index (χ3v) is 4.36. The van der Waals surface area contributed by atoms with Crippen LogP contribution in [0.1, 0.15) is 28.2 Å². The van der Waals surface area contributed by atoms with Crippen molar-refractivity contribution in [3.63, 3.8) is 0 Å². The molecule has 1 N–H and O–H groups in total. The lowest BCUT2D eigenvalue weighted by Gasteiger charge is -2.30. The topological polar surface area (TPSA) is 64.8 Å². The van der Waals surface area contributed by atoms with Crippen molar-refractivity contribution in [1.82, 2.24) is 15.3 Å². The first-order chi connectivity index (χ1) is 11.7. The maximum absolute atomic E-state index is 8.99. The Bertz CT molecular complexity index is 757. The van der Waals surface area contributed by atoms with Crippen LogP contribution in [0.5, 0.6) is 0 Å². The Morgan fingerprint density at radius 2 is 2.00 bits per heavy atom. The third-order valence-electron chi connectivity index (χ3n) is 4.36. The number of nitriles is 1. The Labute approximate surface area is 143 Å². The number of piperazine rings is 1. The van der Waals surface area contributed by atoms with E-state index in [4.69, 9.17) is 10.2 Å². The van der Waals surface area contributed by atoms with Crippen LogP contribution in [0.25, 0.3) is 0 Å². The van der Waals surface area contributed by atoms with Gasteiger partial charge in [-0.1, -0.05) is 29.8 Å². The molecule has 1 aliphatic heterocycles. The fourth-order valence-corrected chi connectivity index (χ4v) is 3.16. The van der Waals surface area contributed by atoms with Gasteiger partial charge in [-0.15, -0.1) is 0 Å². The Balaban J connectivity index is 2.00. The zero-order valence-electron chi connectivity index (χ0n) is 14.3. The third kappa shape index (κ3) is 3.72. The van der Waals surface area contributed by atoms with Gasteiger partial charge in [0.15, 0.2) is 0 Å². The van der Waals surface area contributed by atoms with Crippen LogP contribution in [0.3, 0.4) is 0 Å². The highest BCUT2D eigenvalue weighted by atomic mass is 15.2. The molecule has 1 aromatic heterocycles. The summed E-state index contributed by atoms with van der Waals surface area (Å²) in [5.41, 5.74) is 4.68. The fourth-order valence-electron chi connectivity index (χ4n) is 3.16. The van der Waals surface area contributed by atoms with E-state index >= 15 is 0 Å². The second kappa shape index (κ2) is 7.41. The first-order valence-electron chi connectivity index (χ1n) is 8.42. The van der Waals surface area contributed by atoms with E-state index in [1.807, 2.05) is 6.92 Å². The molecule has 1 aromatic carbocycles.